The summed E-state index contributed by atoms with van der Waals surface area (Å²) in [5.41, 5.74) is 2.42. The van der Waals surface area contributed by atoms with Gasteiger partial charge < -0.3 is 5.32 Å². The fourth-order valence-corrected chi connectivity index (χ4v) is 2.44. The summed E-state index contributed by atoms with van der Waals surface area (Å²) in [6.07, 6.45) is 1.12. The molecule has 1 aromatic carbocycles. The molecule has 1 amide bonds. The second-order valence-corrected chi connectivity index (χ2v) is 5.30. The number of benzene rings is 1. The van der Waals surface area contributed by atoms with Gasteiger partial charge in [0.15, 0.2) is 0 Å². The molecule has 0 aliphatic rings. The van der Waals surface area contributed by atoms with Crippen molar-refractivity contribution < 1.29 is 4.79 Å². The molecule has 0 saturated carbocycles. The van der Waals surface area contributed by atoms with Gasteiger partial charge in [-0.1, -0.05) is 31.2 Å². The normalized spacial score (nSPS) is 12.2. The Kier molecular flexibility index (Phi) is 6.12. The van der Waals surface area contributed by atoms with Crippen LogP contribution in [0.3, 0.4) is 0 Å². The topological polar surface area (TPSA) is 29.1 Å². The molecule has 0 saturated heterocycles. The van der Waals surface area contributed by atoms with Gasteiger partial charge in [-0.3, -0.25) is 4.79 Å². The number of hydrogen-bond acceptors (Lipinski definition) is 2. The smallest absolute Gasteiger partial charge is 0.230 e. The standard InChI is InChI=1S/C14H21NOS/c1-4-9-17-10-14(16)15-12(3)13-8-6-5-7-11(13)2/h5-8,12H,4,9-10H2,1-3H3,(H,15,16)/t12-/m1/s1. The van der Waals surface area contributed by atoms with Gasteiger partial charge in [-0.15, -0.1) is 0 Å². The molecule has 1 N–H and O–H groups in total. The molecule has 0 radical (unpaired) electrons. The minimum atomic E-state index is 0.0888. The first-order chi connectivity index (χ1) is 8.15. The van der Waals surface area contributed by atoms with E-state index in [0.29, 0.717) is 5.75 Å². The molecule has 0 spiro atoms. The maximum Gasteiger partial charge on any atom is 0.230 e. The van der Waals surface area contributed by atoms with E-state index in [1.165, 1.54) is 11.1 Å². The fourth-order valence-electron chi connectivity index (χ4n) is 1.74. The Morgan fingerprint density at radius 3 is 2.76 bits per heavy atom. The molecule has 2 nitrogen and oxygen atoms in total. The highest BCUT2D eigenvalue weighted by Crippen LogP contribution is 2.16. The van der Waals surface area contributed by atoms with Crippen molar-refractivity contribution in [3.63, 3.8) is 0 Å². The third kappa shape index (κ3) is 4.82. The molecular formula is C14H21NOS. The van der Waals surface area contributed by atoms with Crippen molar-refractivity contribution in [1.29, 1.82) is 0 Å². The number of thioether (sulfide) groups is 1. The predicted octanol–water partition coefficient (Wildman–Crippen LogP) is 3.32. The van der Waals surface area contributed by atoms with Crippen molar-refractivity contribution in [2.45, 2.75) is 33.2 Å². The summed E-state index contributed by atoms with van der Waals surface area (Å²) < 4.78 is 0. The van der Waals surface area contributed by atoms with Crippen molar-refractivity contribution in [3.05, 3.63) is 35.4 Å². The molecular weight excluding hydrogens is 230 g/mol. The molecule has 3 heteroatoms. The zero-order chi connectivity index (χ0) is 12.7. The van der Waals surface area contributed by atoms with E-state index >= 15 is 0 Å². The van der Waals surface area contributed by atoms with Crippen molar-refractivity contribution >= 4 is 17.7 Å². The monoisotopic (exact) mass is 251 g/mol. The van der Waals surface area contributed by atoms with Crippen LogP contribution in [-0.2, 0) is 4.79 Å². The molecule has 0 aliphatic heterocycles. The molecule has 0 heterocycles. The van der Waals surface area contributed by atoms with Gasteiger partial charge in [0, 0.05) is 0 Å². The lowest BCUT2D eigenvalue weighted by Crippen LogP contribution is -2.28. The zero-order valence-corrected chi connectivity index (χ0v) is 11.6. The average Bonchev–Trinajstić information content (AvgIpc) is 2.29. The van der Waals surface area contributed by atoms with Crippen LogP contribution in [-0.4, -0.2) is 17.4 Å². The highest BCUT2D eigenvalue weighted by Gasteiger charge is 2.10. The minimum Gasteiger partial charge on any atom is -0.349 e. The average molecular weight is 251 g/mol. The maximum absolute atomic E-state index is 11.7. The van der Waals surface area contributed by atoms with Crippen LogP contribution in [0.25, 0.3) is 0 Å². The van der Waals surface area contributed by atoms with Gasteiger partial charge in [0.2, 0.25) is 5.91 Å². The Hall–Kier alpha value is -0.960. The quantitative estimate of drug-likeness (QED) is 0.786. The highest BCUT2D eigenvalue weighted by molar-refractivity contribution is 7.99. The zero-order valence-electron chi connectivity index (χ0n) is 10.8. The van der Waals surface area contributed by atoms with Gasteiger partial charge in [-0.05, 0) is 37.1 Å². The lowest BCUT2D eigenvalue weighted by atomic mass is 10.0. The third-order valence-electron chi connectivity index (χ3n) is 2.61. The van der Waals surface area contributed by atoms with Crippen LogP contribution < -0.4 is 5.32 Å². The van der Waals surface area contributed by atoms with E-state index in [2.05, 4.69) is 31.3 Å². The molecule has 17 heavy (non-hydrogen) atoms. The van der Waals surface area contributed by atoms with Gasteiger partial charge >= 0.3 is 0 Å². The van der Waals surface area contributed by atoms with E-state index < -0.39 is 0 Å². The molecule has 1 aromatic rings. The summed E-state index contributed by atoms with van der Waals surface area (Å²) in [6, 6.07) is 8.26. The summed E-state index contributed by atoms with van der Waals surface area (Å²) in [5.74, 6) is 1.73. The van der Waals surface area contributed by atoms with Crippen molar-refractivity contribution in [2.75, 3.05) is 11.5 Å². The van der Waals surface area contributed by atoms with Gasteiger partial charge in [0.25, 0.3) is 0 Å². The van der Waals surface area contributed by atoms with Crippen molar-refractivity contribution in [2.24, 2.45) is 0 Å². The summed E-state index contributed by atoms with van der Waals surface area (Å²) in [6.45, 7) is 6.23. The summed E-state index contributed by atoms with van der Waals surface area (Å²) in [5, 5.41) is 3.04. The van der Waals surface area contributed by atoms with Gasteiger partial charge in [-0.25, -0.2) is 0 Å². The number of nitrogens with one attached hydrogen (secondary N) is 1. The largest absolute Gasteiger partial charge is 0.349 e. The van der Waals surface area contributed by atoms with Crippen molar-refractivity contribution in [1.82, 2.24) is 5.32 Å². The van der Waals surface area contributed by atoms with E-state index in [4.69, 9.17) is 0 Å². The number of amides is 1. The SMILES string of the molecule is CCCSCC(=O)N[C@H](C)c1ccccc1C. The molecule has 0 aliphatic carbocycles. The Balaban J connectivity index is 2.46. The highest BCUT2D eigenvalue weighted by atomic mass is 32.2. The molecule has 0 unspecified atom stereocenters. The molecule has 0 fully saturated rings. The second kappa shape index (κ2) is 7.38. The van der Waals surface area contributed by atoms with Crippen LogP contribution in [0.4, 0.5) is 0 Å². The van der Waals surface area contributed by atoms with E-state index in [-0.39, 0.29) is 11.9 Å². The van der Waals surface area contributed by atoms with Crippen LogP contribution in [0, 0.1) is 6.92 Å². The van der Waals surface area contributed by atoms with E-state index in [1.54, 1.807) is 11.8 Å². The summed E-state index contributed by atoms with van der Waals surface area (Å²) in [4.78, 5) is 11.7. The number of rotatable bonds is 6. The van der Waals surface area contributed by atoms with Gasteiger partial charge in [0.1, 0.15) is 0 Å². The summed E-state index contributed by atoms with van der Waals surface area (Å²) >= 11 is 1.69. The van der Waals surface area contributed by atoms with Crippen LogP contribution >= 0.6 is 11.8 Å². The Morgan fingerprint density at radius 1 is 1.41 bits per heavy atom. The Bertz CT molecular complexity index is 365. The van der Waals surface area contributed by atoms with Gasteiger partial charge in [-0.2, -0.15) is 11.8 Å². The summed E-state index contributed by atoms with van der Waals surface area (Å²) in [7, 11) is 0. The fraction of sp³-hybridized carbons (Fsp3) is 0.500. The number of carbonyl (C=O) groups excluding carboxylic acids is 1. The molecule has 1 atom stereocenters. The third-order valence-corrected chi connectivity index (χ3v) is 3.78. The van der Waals surface area contributed by atoms with Crippen LogP contribution in [0.2, 0.25) is 0 Å². The molecule has 0 bridgehead atoms. The first-order valence-corrected chi connectivity index (χ1v) is 7.23. The first kappa shape index (κ1) is 14.1. The van der Waals surface area contributed by atoms with Crippen LogP contribution in [0.5, 0.6) is 0 Å². The van der Waals surface area contributed by atoms with E-state index in [1.807, 2.05) is 19.1 Å². The van der Waals surface area contributed by atoms with Gasteiger partial charge in [0.05, 0.1) is 11.8 Å². The Morgan fingerprint density at radius 2 is 2.12 bits per heavy atom. The Labute approximate surface area is 108 Å². The van der Waals surface area contributed by atoms with E-state index in [0.717, 1.165) is 12.2 Å². The second-order valence-electron chi connectivity index (χ2n) is 4.20. The maximum atomic E-state index is 11.7. The number of hydrogen-bond donors (Lipinski definition) is 1. The number of carbonyl (C=O) groups is 1. The molecule has 1 rings (SSSR count). The lowest BCUT2D eigenvalue weighted by Gasteiger charge is -2.16. The first-order valence-electron chi connectivity index (χ1n) is 6.07. The number of aryl methyl sites for hydroxylation is 1. The molecule has 0 aromatic heterocycles. The van der Waals surface area contributed by atoms with Crippen molar-refractivity contribution in [3.8, 4) is 0 Å². The van der Waals surface area contributed by atoms with Crippen LogP contribution in [0.15, 0.2) is 24.3 Å². The van der Waals surface area contributed by atoms with Crippen LogP contribution in [0.1, 0.15) is 37.4 Å². The lowest BCUT2D eigenvalue weighted by molar-refractivity contribution is -0.119. The predicted molar refractivity (Wildman–Crippen MR) is 75.4 cm³/mol. The van der Waals surface area contributed by atoms with E-state index in [9.17, 15) is 4.79 Å². The minimum absolute atomic E-state index is 0.0888. The molecule has 94 valence electrons.